The Morgan fingerprint density at radius 3 is 3.11 bits per heavy atom. The summed E-state index contributed by atoms with van der Waals surface area (Å²) in [6, 6.07) is 5.77. The third kappa shape index (κ3) is 3.70. The lowest BCUT2D eigenvalue weighted by molar-refractivity contribution is 0.0951. The number of nitrogens with one attached hydrogen (secondary N) is 2. The smallest absolute Gasteiger partial charge is 0.252 e. The van der Waals surface area contributed by atoms with Crippen LogP contribution in [0.3, 0.4) is 0 Å². The van der Waals surface area contributed by atoms with Crippen LogP contribution < -0.4 is 10.6 Å². The van der Waals surface area contributed by atoms with Crippen molar-refractivity contribution < 1.29 is 4.79 Å². The average molecular weight is 332 g/mol. The molecule has 1 fully saturated rings. The summed E-state index contributed by atoms with van der Waals surface area (Å²) in [7, 11) is 0. The van der Waals surface area contributed by atoms with Crippen LogP contribution in [-0.2, 0) is 0 Å². The summed E-state index contributed by atoms with van der Waals surface area (Å²) in [6.07, 6.45) is 3.42. The number of carbonyl (C=O) groups is 1. The summed E-state index contributed by atoms with van der Waals surface area (Å²) in [5.41, 5.74) is 0.585. The van der Waals surface area contributed by atoms with Gasteiger partial charge in [-0.2, -0.15) is 0 Å². The third-order valence-corrected chi connectivity index (χ3v) is 4.04. The lowest BCUT2D eigenvalue weighted by atomic mass is 10.1. The van der Waals surface area contributed by atoms with E-state index in [1.165, 1.54) is 12.8 Å². The van der Waals surface area contributed by atoms with Crippen LogP contribution in [-0.4, -0.2) is 25.0 Å². The van der Waals surface area contributed by atoms with E-state index in [4.69, 9.17) is 11.6 Å². The van der Waals surface area contributed by atoms with Gasteiger partial charge in [-0.05, 0) is 59.9 Å². The minimum absolute atomic E-state index is 0.0811. The molecule has 0 radical (unpaired) electrons. The van der Waals surface area contributed by atoms with Gasteiger partial charge in [0, 0.05) is 22.1 Å². The standard InChI is InChI=1S/C13H16BrClN2O/c14-12-4-3-9(15)8-11(12)13(18)17-7-5-10-2-1-6-16-10/h3-4,8,10,16H,1-2,5-7H2,(H,17,18). The molecule has 1 unspecified atom stereocenters. The van der Waals surface area contributed by atoms with Crippen LogP contribution in [0.4, 0.5) is 0 Å². The second-order valence-electron chi connectivity index (χ2n) is 4.46. The third-order valence-electron chi connectivity index (χ3n) is 3.11. The van der Waals surface area contributed by atoms with E-state index in [2.05, 4.69) is 26.6 Å². The molecule has 5 heteroatoms. The second kappa shape index (κ2) is 6.55. The Hall–Kier alpha value is -0.580. The minimum Gasteiger partial charge on any atom is -0.352 e. The largest absolute Gasteiger partial charge is 0.352 e. The van der Waals surface area contributed by atoms with Crippen LogP contribution in [0.15, 0.2) is 22.7 Å². The Morgan fingerprint density at radius 1 is 1.56 bits per heavy atom. The zero-order valence-electron chi connectivity index (χ0n) is 10.0. The molecule has 2 N–H and O–H groups in total. The van der Waals surface area contributed by atoms with Crippen molar-refractivity contribution in [1.29, 1.82) is 0 Å². The highest BCUT2D eigenvalue weighted by Gasteiger charge is 2.15. The maximum atomic E-state index is 12.0. The molecule has 1 aromatic carbocycles. The fourth-order valence-electron chi connectivity index (χ4n) is 2.13. The van der Waals surface area contributed by atoms with Crippen LogP contribution >= 0.6 is 27.5 Å². The molecule has 0 aromatic heterocycles. The lowest BCUT2D eigenvalue weighted by Gasteiger charge is -2.11. The topological polar surface area (TPSA) is 41.1 Å². The van der Waals surface area contributed by atoms with E-state index >= 15 is 0 Å². The molecule has 1 aliphatic heterocycles. The molecule has 0 spiro atoms. The van der Waals surface area contributed by atoms with E-state index in [0.29, 0.717) is 23.2 Å². The number of amides is 1. The molecule has 1 amide bonds. The predicted molar refractivity (Wildman–Crippen MR) is 77.1 cm³/mol. The molecule has 98 valence electrons. The van der Waals surface area contributed by atoms with Gasteiger partial charge >= 0.3 is 0 Å². The molecule has 1 aromatic rings. The number of rotatable bonds is 4. The van der Waals surface area contributed by atoms with Crippen molar-refractivity contribution in [2.24, 2.45) is 0 Å². The van der Waals surface area contributed by atoms with Gasteiger partial charge in [-0.15, -0.1) is 0 Å². The van der Waals surface area contributed by atoms with Crippen LogP contribution in [0.1, 0.15) is 29.6 Å². The second-order valence-corrected chi connectivity index (χ2v) is 5.75. The van der Waals surface area contributed by atoms with Crippen LogP contribution in [0.2, 0.25) is 5.02 Å². The van der Waals surface area contributed by atoms with Gasteiger partial charge in [0.05, 0.1) is 5.56 Å². The SMILES string of the molecule is O=C(NCCC1CCCN1)c1cc(Cl)ccc1Br. The van der Waals surface area contributed by atoms with Crippen molar-refractivity contribution in [2.75, 3.05) is 13.1 Å². The summed E-state index contributed by atoms with van der Waals surface area (Å²) in [6.45, 7) is 1.79. The minimum atomic E-state index is -0.0811. The molecular weight excluding hydrogens is 316 g/mol. The van der Waals surface area contributed by atoms with E-state index in [-0.39, 0.29) is 5.91 Å². The van der Waals surface area contributed by atoms with E-state index in [1.807, 2.05) is 0 Å². The molecule has 0 aliphatic carbocycles. The Balaban J connectivity index is 1.85. The maximum Gasteiger partial charge on any atom is 0.252 e. The van der Waals surface area contributed by atoms with Gasteiger partial charge in [-0.1, -0.05) is 11.6 Å². The molecule has 1 saturated heterocycles. The molecule has 1 aliphatic rings. The normalized spacial score (nSPS) is 18.9. The molecule has 1 atom stereocenters. The summed E-state index contributed by atoms with van der Waals surface area (Å²) in [5.74, 6) is -0.0811. The van der Waals surface area contributed by atoms with Crippen LogP contribution in [0, 0.1) is 0 Å². The first kappa shape index (κ1) is 13.8. The number of hydrogen-bond acceptors (Lipinski definition) is 2. The fraction of sp³-hybridized carbons (Fsp3) is 0.462. The molecular formula is C13H16BrClN2O. The summed E-state index contributed by atoms with van der Waals surface area (Å²) < 4.78 is 0.767. The number of halogens is 2. The van der Waals surface area contributed by atoms with Crippen molar-refractivity contribution in [3.8, 4) is 0 Å². The quantitative estimate of drug-likeness (QED) is 0.890. The van der Waals surface area contributed by atoms with E-state index < -0.39 is 0 Å². The predicted octanol–water partition coefficient (Wildman–Crippen LogP) is 2.97. The maximum absolute atomic E-state index is 12.0. The van der Waals surface area contributed by atoms with Crippen molar-refractivity contribution in [3.63, 3.8) is 0 Å². The summed E-state index contributed by atoms with van der Waals surface area (Å²) in [4.78, 5) is 12.0. The summed E-state index contributed by atoms with van der Waals surface area (Å²) >= 11 is 9.25. The fourth-order valence-corrected chi connectivity index (χ4v) is 2.73. The van der Waals surface area contributed by atoms with Crippen molar-refractivity contribution in [2.45, 2.75) is 25.3 Å². The van der Waals surface area contributed by atoms with Crippen LogP contribution in [0.5, 0.6) is 0 Å². The first-order chi connectivity index (χ1) is 8.66. The average Bonchev–Trinajstić information content (AvgIpc) is 2.85. The first-order valence-electron chi connectivity index (χ1n) is 6.13. The molecule has 0 bridgehead atoms. The highest BCUT2D eigenvalue weighted by atomic mass is 79.9. The monoisotopic (exact) mass is 330 g/mol. The molecule has 3 nitrogen and oxygen atoms in total. The molecule has 18 heavy (non-hydrogen) atoms. The lowest BCUT2D eigenvalue weighted by Crippen LogP contribution is -2.30. The van der Waals surface area contributed by atoms with Crippen molar-refractivity contribution >= 4 is 33.4 Å². The van der Waals surface area contributed by atoms with Crippen LogP contribution in [0.25, 0.3) is 0 Å². The number of carbonyl (C=O) groups excluding carboxylic acids is 1. The van der Waals surface area contributed by atoms with Gasteiger partial charge in [0.15, 0.2) is 0 Å². The van der Waals surface area contributed by atoms with Gasteiger partial charge in [-0.25, -0.2) is 0 Å². The zero-order chi connectivity index (χ0) is 13.0. The van der Waals surface area contributed by atoms with Gasteiger partial charge in [0.2, 0.25) is 0 Å². The first-order valence-corrected chi connectivity index (χ1v) is 7.30. The highest BCUT2D eigenvalue weighted by Crippen LogP contribution is 2.21. The van der Waals surface area contributed by atoms with E-state index in [1.54, 1.807) is 18.2 Å². The highest BCUT2D eigenvalue weighted by molar-refractivity contribution is 9.10. The zero-order valence-corrected chi connectivity index (χ0v) is 12.4. The Bertz CT molecular complexity index is 433. The molecule has 0 saturated carbocycles. The van der Waals surface area contributed by atoms with Gasteiger partial charge in [0.1, 0.15) is 0 Å². The Morgan fingerprint density at radius 2 is 2.39 bits per heavy atom. The van der Waals surface area contributed by atoms with Gasteiger partial charge in [0.25, 0.3) is 5.91 Å². The van der Waals surface area contributed by atoms with Gasteiger partial charge < -0.3 is 10.6 Å². The number of hydrogen-bond donors (Lipinski definition) is 2. The number of benzene rings is 1. The Kier molecular flexibility index (Phi) is 5.03. The van der Waals surface area contributed by atoms with Gasteiger partial charge in [-0.3, -0.25) is 4.79 Å². The molecule has 2 rings (SSSR count). The van der Waals surface area contributed by atoms with E-state index in [0.717, 1.165) is 17.4 Å². The Labute approximate surface area is 120 Å². The van der Waals surface area contributed by atoms with Crippen molar-refractivity contribution in [3.05, 3.63) is 33.3 Å². The van der Waals surface area contributed by atoms with E-state index in [9.17, 15) is 4.79 Å². The van der Waals surface area contributed by atoms with Crippen molar-refractivity contribution in [1.82, 2.24) is 10.6 Å². The summed E-state index contributed by atoms with van der Waals surface area (Å²) in [5, 5.41) is 6.91. The molecule has 1 heterocycles.